The average molecular weight is 272 g/mol. The van der Waals surface area contributed by atoms with E-state index in [-0.39, 0.29) is 11.2 Å². The van der Waals surface area contributed by atoms with E-state index in [4.69, 9.17) is 0 Å². The number of thioether (sulfide) groups is 1. The summed E-state index contributed by atoms with van der Waals surface area (Å²) in [5.74, 6) is 0.601. The minimum absolute atomic E-state index is 0.0318. The lowest BCUT2D eigenvalue weighted by Crippen LogP contribution is -2.23. The molecule has 0 unspecified atom stereocenters. The average Bonchev–Trinajstić information content (AvgIpc) is 2.42. The predicted octanol–water partition coefficient (Wildman–Crippen LogP) is 3.51. The van der Waals surface area contributed by atoms with Gasteiger partial charge in [-0.2, -0.15) is 0 Å². The van der Waals surface area contributed by atoms with Crippen molar-refractivity contribution in [2.75, 3.05) is 5.32 Å². The number of hydrogen-bond acceptors (Lipinski definition) is 3. The second kappa shape index (κ2) is 6.38. The van der Waals surface area contributed by atoms with Crippen LogP contribution in [0.1, 0.15) is 12.5 Å². The second-order valence-corrected chi connectivity index (χ2v) is 5.65. The van der Waals surface area contributed by atoms with Gasteiger partial charge >= 0.3 is 0 Å². The monoisotopic (exact) mass is 272 g/mol. The number of amides is 1. The molecular weight excluding hydrogens is 256 g/mol. The van der Waals surface area contributed by atoms with Gasteiger partial charge in [0.05, 0.1) is 5.25 Å². The number of aryl methyl sites for hydroxylation is 1. The highest BCUT2D eigenvalue weighted by atomic mass is 32.2. The molecule has 0 saturated heterocycles. The molecule has 0 aliphatic carbocycles. The van der Waals surface area contributed by atoms with Crippen LogP contribution in [0.4, 0.5) is 5.82 Å². The van der Waals surface area contributed by atoms with Gasteiger partial charge in [0.1, 0.15) is 5.82 Å². The van der Waals surface area contributed by atoms with Crippen molar-refractivity contribution in [1.82, 2.24) is 4.98 Å². The Labute approximate surface area is 117 Å². The first-order valence-electron chi connectivity index (χ1n) is 6.11. The molecule has 1 aromatic heterocycles. The summed E-state index contributed by atoms with van der Waals surface area (Å²) in [4.78, 5) is 17.3. The number of benzene rings is 1. The van der Waals surface area contributed by atoms with Gasteiger partial charge in [-0.3, -0.25) is 4.79 Å². The Balaban J connectivity index is 1.99. The van der Waals surface area contributed by atoms with Crippen LogP contribution < -0.4 is 5.32 Å². The zero-order valence-corrected chi connectivity index (χ0v) is 11.8. The van der Waals surface area contributed by atoms with Crippen LogP contribution in [-0.4, -0.2) is 16.1 Å². The van der Waals surface area contributed by atoms with Gasteiger partial charge < -0.3 is 5.32 Å². The van der Waals surface area contributed by atoms with Crippen molar-refractivity contribution in [1.29, 1.82) is 0 Å². The summed E-state index contributed by atoms with van der Waals surface area (Å²) in [5, 5.41) is 2.70. The minimum atomic E-state index is -0.163. The molecule has 4 heteroatoms. The van der Waals surface area contributed by atoms with Crippen LogP contribution in [0.25, 0.3) is 0 Å². The molecule has 0 radical (unpaired) electrons. The van der Waals surface area contributed by atoms with Crippen molar-refractivity contribution in [2.45, 2.75) is 24.0 Å². The number of pyridine rings is 1. The summed E-state index contributed by atoms with van der Waals surface area (Å²) in [7, 11) is 0. The fraction of sp³-hybridized carbons (Fsp3) is 0.200. The highest BCUT2D eigenvalue weighted by molar-refractivity contribution is 8.00. The number of aromatic nitrogens is 1. The maximum Gasteiger partial charge on any atom is 0.238 e. The highest BCUT2D eigenvalue weighted by Gasteiger charge is 2.15. The third-order valence-corrected chi connectivity index (χ3v) is 3.79. The van der Waals surface area contributed by atoms with E-state index < -0.39 is 0 Å². The van der Waals surface area contributed by atoms with Crippen LogP contribution in [0.3, 0.4) is 0 Å². The molecule has 2 rings (SSSR count). The van der Waals surface area contributed by atoms with Crippen molar-refractivity contribution >= 4 is 23.5 Å². The summed E-state index contributed by atoms with van der Waals surface area (Å²) in [5.41, 5.74) is 0.966. The zero-order chi connectivity index (χ0) is 13.7. The quantitative estimate of drug-likeness (QED) is 0.866. The molecule has 1 amide bonds. The SMILES string of the molecule is Cc1cccnc1NC(=O)[C@H](C)Sc1ccccc1. The van der Waals surface area contributed by atoms with Gasteiger partial charge in [-0.15, -0.1) is 11.8 Å². The van der Waals surface area contributed by atoms with Crippen LogP contribution in [0.15, 0.2) is 53.6 Å². The Morgan fingerprint density at radius 2 is 1.95 bits per heavy atom. The molecule has 1 aromatic carbocycles. The third kappa shape index (κ3) is 3.83. The number of anilines is 1. The summed E-state index contributed by atoms with van der Waals surface area (Å²) in [6, 6.07) is 13.7. The fourth-order valence-electron chi connectivity index (χ4n) is 1.59. The number of nitrogens with zero attached hydrogens (tertiary/aromatic N) is 1. The highest BCUT2D eigenvalue weighted by Crippen LogP contribution is 2.23. The van der Waals surface area contributed by atoms with Gasteiger partial charge in [0.15, 0.2) is 0 Å². The third-order valence-electron chi connectivity index (χ3n) is 2.68. The first-order valence-corrected chi connectivity index (χ1v) is 6.99. The van der Waals surface area contributed by atoms with Crippen molar-refractivity contribution in [3.63, 3.8) is 0 Å². The van der Waals surface area contributed by atoms with E-state index in [0.29, 0.717) is 5.82 Å². The Kier molecular flexibility index (Phi) is 4.58. The van der Waals surface area contributed by atoms with Gasteiger partial charge in [-0.25, -0.2) is 4.98 Å². The largest absolute Gasteiger partial charge is 0.310 e. The zero-order valence-electron chi connectivity index (χ0n) is 11.0. The molecule has 1 atom stereocenters. The molecule has 1 heterocycles. The predicted molar refractivity (Wildman–Crippen MR) is 79.4 cm³/mol. The molecular formula is C15H16N2OS. The molecule has 0 fully saturated rings. The van der Waals surface area contributed by atoms with E-state index in [1.54, 1.807) is 6.20 Å². The molecule has 0 spiro atoms. The molecule has 2 aromatic rings. The van der Waals surface area contributed by atoms with Gasteiger partial charge in [0.25, 0.3) is 0 Å². The van der Waals surface area contributed by atoms with Crippen molar-refractivity contribution in [3.8, 4) is 0 Å². The normalized spacial score (nSPS) is 11.9. The van der Waals surface area contributed by atoms with Crippen molar-refractivity contribution < 1.29 is 4.79 Å². The molecule has 0 bridgehead atoms. The topological polar surface area (TPSA) is 42.0 Å². The summed E-state index contributed by atoms with van der Waals surface area (Å²) < 4.78 is 0. The van der Waals surface area contributed by atoms with Crippen LogP contribution in [0.2, 0.25) is 0 Å². The van der Waals surface area contributed by atoms with E-state index in [2.05, 4.69) is 10.3 Å². The van der Waals surface area contributed by atoms with Crippen LogP contribution in [0, 0.1) is 6.92 Å². The molecule has 1 N–H and O–H groups in total. The smallest absolute Gasteiger partial charge is 0.238 e. The number of carbonyl (C=O) groups excluding carboxylic acids is 1. The van der Waals surface area contributed by atoms with Gasteiger partial charge in [0, 0.05) is 11.1 Å². The second-order valence-electron chi connectivity index (χ2n) is 4.23. The Morgan fingerprint density at radius 3 is 2.63 bits per heavy atom. The van der Waals surface area contributed by atoms with Crippen LogP contribution >= 0.6 is 11.8 Å². The van der Waals surface area contributed by atoms with E-state index in [1.165, 1.54) is 11.8 Å². The maximum absolute atomic E-state index is 12.1. The van der Waals surface area contributed by atoms with Crippen molar-refractivity contribution in [3.05, 3.63) is 54.2 Å². The van der Waals surface area contributed by atoms with Gasteiger partial charge in [0.2, 0.25) is 5.91 Å². The van der Waals surface area contributed by atoms with E-state index >= 15 is 0 Å². The number of rotatable bonds is 4. The summed E-state index contributed by atoms with van der Waals surface area (Å²) in [6.45, 7) is 3.82. The molecule has 0 aliphatic heterocycles. The van der Waals surface area contributed by atoms with Gasteiger partial charge in [-0.1, -0.05) is 24.3 Å². The van der Waals surface area contributed by atoms with Crippen LogP contribution in [-0.2, 0) is 4.79 Å². The summed E-state index contributed by atoms with van der Waals surface area (Å²) >= 11 is 1.54. The van der Waals surface area contributed by atoms with E-state index in [9.17, 15) is 4.79 Å². The first kappa shape index (κ1) is 13.6. The first-order chi connectivity index (χ1) is 9.16. The molecule has 3 nitrogen and oxygen atoms in total. The fourth-order valence-corrected chi connectivity index (χ4v) is 2.48. The maximum atomic E-state index is 12.1. The number of nitrogens with one attached hydrogen (secondary N) is 1. The lowest BCUT2D eigenvalue weighted by Gasteiger charge is -2.12. The van der Waals surface area contributed by atoms with E-state index in [0.717, 1.165) is 10.5 Å². The number of hydrogen-bond donors (Lipinski definition) is 1. The molecule has 19 heavy (non-hydrogen) atoms. The summed E-state index contributed by atoms with van der Waals surface area (Å²) in [6.07, 6.45) is 1.68. The lowest BCUT2D eigenvalue weighted by molar-refractivity contribution is -0.115. The Hall–Kier alpha value is -1.81. The lowest BCUT2D eigenvalue weighted by atomic mass is 10.3. The molecule has 0 saturated carbocycles. The Morgan fingerprint density at radius 1 is 1.21 bits per heavy atom. The molecule has 98 valence electrons. The van der Waals surface area contributed by atoms with E-state index in [1.807, 2.05) is 56.3 Å². The standard InChI is InChI=1S/C15H16N2OS/c1-11-7-6-10-16-14(11)17-15(18)12(2)19-13-8-4-3-5-9-13/h3-10,12H,1-2H3,(H,16,17,18)/t12-/m0/s1. The van der Waals surface area contributed by atoms with Gasteiger partial charge in [-0.05, 0) is 37.6 Å². The number of carbonyl (C=O) groups is 1. The minimum Gasteiger partial charge on any atom is -0.310 e. The van der Waals surface area contributed by atoms with Crippen molar-refractivity contribution in [2.24, 2.45) is 0 Å². The Bertz CT molecular complexity index is 557. The molecule has 0 aliphatic rings. The van der Waals surface area contributed by atoms with Crippen LogP contribution in [0.5, 0.6) is 0 Å².